The summed E-state index contributed by atoms with van der Waals surface area (Å²) in [5.74, 6) is -1.25. The number of rotatable bonds is 1. The van der Waals surface area contributed by atoms with Crippen molar-refractivity contribution in [3.8, 4) is 0 Å². The summed E-state index contributed by atoms with van der Waals surface area (Å²) in [6, 6.07) is 3.72. The van der Waals surface area contributed by atoms with Crippen LogP contribution in [0.3, 0.4) is 0 Å². The summed E-state index contributed by atoms with van der Waals surface area (Å²) in [6.45, 7) is 1.93. The number of halogens is 3. The molecule has 17 heavy (non-hydrogen) atoms. The van der Waals surface area contributed by atoms with Gasteiger partial charge in [-0.2, -0.15) is 13.2 Å². The average Bonchev–Trinajstić information content (AvgIpc) is 2.65. The van der Waals surface area contributed by atoms with Gasteiger partial charge in [0.1, 0.15) is 0 Å². The fourth-order valence-corrected chi connectivity index (χ4v) is 3.37. The molecule has 1 aliphatic rings. The van der Waals surface area contributed by atoms with Crippen LogP contribution < -0.4 is 0 Å². The highest BCUT2D eigenvalue weighted by molar-refractivity contribution is 7.12. The fraction of sp³-hybridized carbons (Fsp3) is 0.667. The maximum absolute atomic E-state index is 12.5. The molecule has 0 spiro atoms. The topological polar surface area (TPSA) is 20.2 Å². The van der Waals surface area contributed by atoms with Crippen molar-refractivity contribution in [3.05, 3.63) is 21.9 Å². The minimum atomic E-state index is -4.12. The van der Waals surface area contributed by atoms with Gasteiger partial charge in [-0.15, -0.1) is 11.3 Å². The lowest BCUT2D eigenvalue weighted by molar-refractivity contribution is -0.192. The highest BCUT2D eigenvalue weighted by atomic mass is 32.1. The highest BCUT2D eigenvalue weighted by Crippen LogP contribution is 2.46. The summed E-state index contributed by atoms with van der Waals surface area (Å²) in [7, 11) is 0. The Morgan fingerprint density at radius 2 is 1.88 bits per heavy atom. The van der Waals surface area contributed by atoms with E-state index in [4.69, 9.17) is 0 Å². The predicted molar refractivity (Wildman–Crippen MR) is 61.0 cm³/mol. The first-order valence-corrected chi connectivity index (χ1v) is 6.49. The molecule has 1 nitrogen and oxygen atoms in total. The molecule has 0 saturated heterocycles. The Bertz CT molecular complexity index is 389. The zero-order valence-corrected chi connectivity index (χ0v) is 10.4. The Hall–Kier alpha value is -0.550. The van der Waals surface area contributed by atoms with Crippen molar-refractivity contribution >= 4 is 11.3 Å². The molecule has 0 unspecified atom stereocenters. The molecule has 1 N–H and O–H groups in total. The zero-order chi connectivity index (χ0) is 12.7. The minimum absolute atomic E-state index is 0.0247. The van der Waals surface area contributed by atoms with E-state index >= 15 is 0 Å². The smallest absolute Gasteiger partial charge is 0.384 e. The lowest BCUT2D eigenvalue weighted by Crippen LogP contribution is -2.35. The molecule has 2 rings (SSSR count). The number of hydrogen-bond acceptors (Lipinski definition) is 2. The van der Waals surface area contributed by atoms with E-state index in [1.165, 1.54) is 11.3 Å². The van der Waals surface area contributed by atoms with Crippen LogP contribution in [0, 0.1) is 12.8 Å². The third-order valence-electron chi connectivity index (χ3n) is 3.47. The third kappa shape index (κ3) is 2.65. The molecule has 96 valence electrons. The number of hydrogen-bond donors (Lipinski definition) is 1. The summed E-state index contributed by atoms with van der Waals surface area (Å²) in [6.07, 6.45) is -3.66. The minimum Gasteiger partial charge on any atom is -0.384 e. The molecular formula is C12H15F3OS. The second-order valence-electron chi connectivity index (χ2n) is 4.76. The van der Waals surface area contributed by atoms with Crippen LogP contribution in [-0.4, -0.2) is 11.3 Å². The van der Waals surface area contributed by atoms with Crippen LogP contribution in [0.1, 0.15) is 35.4 Å². The monoisotopic (exact) mass is 264 g/mol. The number of aliphatic hydroxyl groups is 1. The number of aryl methyl sites for hydroxylation is 1. The Morgan fingerprint density at radius 1 is 1.29 bits per heavy atom. The molecule has 0 bridgehead atoms. The summed E-state index contributed by atoms with van der Waals surface area (Å²) in [5, 5.41) is 10.4. The second kappa shape index (κ2) is 4.28. The first kappa shape index (κ1) is 12.9. The Labute approximate surface area is 102 Å². The van der Waals surface area contributed by atoms with Crippen LogP contribution in [0.15, 0.2) is 12.1 Å². The van der Waals surface area contributed by atoms with Gasteiger partial charge in [0, 0.05) is 9.75 Å². The van der Waals surface area contributed by atoms with Crippen molar-refractivity contribution in [2.75, 3.05) is 0 Å². The van der Waals surface area contributed by atoms with Gasteiger partial charge in [-0.05, 0) is 44.7 Å². The molecule has 0 radical (unpaired) electrons. The van der Waals surface area contributed by atoms with Gasteiger partial charge in [0.25, 0.3) is 0 Å². The first-order valence-electron chi connectivity index (χ1n) is 5.67. The van der Waals surface area contributed by atoms with Crippen LogP contribution in [0.25, 0.3) is 0 Å². The van der Waals surface area contributed by atoms with Crippen molar-refractivity contribution in [2.45, 2.75) is 44.4 Å². The van der Waals surface area contributed by atoms with Gasteiger partial charge >= 0.3 is 6.18 Å². The molecule has 1 aliphatic carbocycles. The van der Waals surface area contributed by atoms with Crippen LogP contribution in [0.2, 0.25) is 0 Å². The van der Waals surface area contributed by atoms with E-state index in [0.717, 1.165) is 9.75 Å². The van der Waals surface area contributed by atoms with Crippen LogP contribution in [-0.2, 0) is 5.60 Å². The molecule has 1 aromatic rings. The SMILES string of the molecule is Cc1ccc(C2(O)CCC(C(F)(F)F)CC2)s1. The van der Waals surface area contributed by atoms with Crippen LogP contribution >= 0.6 is 11.3 Å². The Kier molecular flexibility index (Phi) is 3.25. The molecule has 0 aromatic carbocycles. The number of thiophene rings is 1. The lowest BCUT2D eigenvalue weighted by atomic mass is 9.78. The molecule has 1 saturated carbocycles. The van der Waals surface area contributed by atoms with E-state index < -0.39 is 17.7 Å². The molecule has 0 atom stereocenters. The second-order valence-corrected chi connectivity index (χ2v) is 6.05. The summed E-state index contributed by atoms with van der Waals surface area (Å²) in [4.78, 5) is 1.88. The molecule has 0 aliphatic heterocycles. The van der Waals surface area contributed by atoms with E-state index in [0.29, 0.717) is 0 Å². The summed E-state index contributed by atoms with van der Waals surface area (Å²) >= 11 is 1.47. The van der Waals surface area contributed by atoms with Gasteiger partial charge in [0.05, 0.1) is 11.5 Å². The van der Waals surface area contributed by atoms with E-state index in [-0.39, 0.29) is 25.7 Å². The van der Waals surface area contributed by atoms with Gasteiger partial charge in [0.15, 0.2) is 0 Å². The third-order valence-corrected chi connectivity index (χ3v) is 4.67. The normalized spacial score (nSPS) is 30.5. The van der Waals surface area contributed by atoms with Gasteiger partial charge in [-0.25, -0.2) is 0 Å². The zero-order valence-electron chi connectivity index (χ0n) is 9.55. The lowest BCUT2D eigenvalue weighted by Gasteiger charge is -2.36. The van der Waals surface area contributed by atoms with Gasteiger partial charge in [-0.1, -0.05) is 0 Å². The quantitative estimate of drug-likeness (QED) is 0.813. The Balaban J connectivity index is 2.07. The van der Waals surface area contributed by atoms with E-state index in [2.05, 4.69) is 0 Å². The number of alkyl halides is 3. The molecule has 1 fully saturated rings. The van der Waals surface area contributed by atoms with Crippen molar-refractivity contribution in [1.29, 1.82) is 0 Å². The Morgan fingerprint density at radius 3 is 2.29 bits per heavy atom. The first-order chi connectivity index (χ1) is 7.81. The predicted octanol–water partition coefficient (Wildman–Crippen LogP) is 4.00. The van der Waals surface area contributed by atoms with Crippen LogP contribution in [0.5, 0.6) is 0 Å². The maximum atomic E-state index is 12.5. The van der Waals surface area contributed by atoms with Crippen molar-refractivity contribution in [3.63, 3.8) is 0 Å². The maximum Gasteiger partial charge on any atom is 0.391 e. The summed E-state index contributed by atoms with van der Waals surface area (Å²) in [5.41, 5.74) is -1.04. The van der Waals surface area contributed by atoms with Crippen molar-refractivity contribution in [1.82, 2.24) is 0 Å². The van der Waals surface area contributed by atoms with E-state index in [1.54, 1.807) is 0 Å². The van der Waals surface area contributed by atoms with E-state index in [1.807, 2.05) is 19.1 Å². The molecular weight excluding hydrogens is 249 g/mol. The van der Waals surface area contributed by atoms with Gasteiger partial charge in [0.2, 0.25) is 0 Å². The molecule has 5 heteroatoms. The van der Waals surface area contributed by atoms with Gasteiger partial charge in [-0.3, -0.25) is 0 Å². The molecule has 1 aromatic heterocycles. The average molecular weight is 264 g/mol. The standard InChI is InChI=1S/C12H15F3OS/c1-8-2-3-10(17-8)11(16)6-4-9(5-7-11)12(13,14)15/h2-3,9,16H,4-7H2,1H3. The largest absolute Gasteiger partial charge is 0.391 e. The fourth-order valence-electron chi connectivity index (χ4n) is 2.35. The van der Waals surface area contributed by atoms with Crippen molar-refractivity contribution in [2.24, 2.45) is 5.92 Å². The summed E-state index contributed by atoms with van der Waals surface area (Å²) < 4.78 is 37.6. The van der Waals surface area contributed by atoms with Crippen molar-refractivity contribution < 1.29 is 18.3 Å². The highest BCUT2D eigenvalue weighted by Gasteiger charge is 2.46. The van der Waals surface area contributed by atoms with Gasteiger partial charge < -0.3 is 5.11 Å². The molecule has 1 heterocycles. The van der Waals surface area contributed by atoms with Crippen LogP contribution in [0.4, 0.5) is 13.2 Å². The molecule has 0 amide bonds. The van der Waals surface area contributed by atoms with E-state index in [9.17, 15) is 18.3 Å².